The topological polar surface area (TPSA) is 107 Å². The third-order valence-electron chi connectivity index (χ3n) is 5.63. The van der Waals surface area contributed by atoms with E-state index in [9.17, 15) is 5.11 Å². The van der Waals surface area contributed by atoms with Gasteiger partial charge in [-0.1, -0.05) is 23.5 Å². The van der Waals surface area contributed by atoms with Crippen molar-refractivity contribution >= 4 is 38.3 Å². The number of aliphatic hydroxyl groups is 1. The minimum absolute atomic E-state index is 0.165. The van der Waals surface area contributed by atoms with Crippen LogP contribution in [0.5, 0.6) is 0 Å². The second-order valence-electron chi connectivity index (χ2n) is 7.93. The molecule has 3 aromatic heterocycles. The van der Waals surface area contributed by atoms with E-state index in [4.69, 9.17) is 5.26 Å². The quantitative estimate of drug-likeness (QED) is 0.395. The summed E-state index contributed by atoms with van der Waals surface area (Å²) in [5, 5.41) is 26.2. The van der Waals surface area contributed by atoms with Crippen molar-refractivity contribution in [2.45, 2.75) is 37.8 Å². The standard InChI is InChI=1S/C24H22N6OS/c25-13-18-6-4-16(14-26-18)15-5-11-20-21(12-15)32-24(28-20)30-23-3-1-2-22(29-23)27-17-7-9-19(31)10-8-17/h1-6,11-12,14,17,19,31H,7-10H2,(H2,27,28,29,30). The number of anilines is 3. The average Bonchev–Trinajstić information content (AvgIpc) is 3.22. The largest absolute Gasteiger partial charge is 0.393 e. The van der Waals surface area contributed by atoms with E-state index in [1.54, 1.807) is 23.6 Å². The third-order valence-corrected chi connectivity index (χ3v) is 6.57. The second kappa shape index (κ2) is 8.91. The molecule has 1 fully saturated rings. The van der Waals surface area contributed by atoms with Crippen LogP contribution in [0.4, 0.5) is 16.8 Å². The molecule has 1 aromatic carbocycles. The molecular weight excluding hydrogens is 420 g/mol. The van der Waals surface area contributed by atoms with Crippen molar-refractivity contribution in [3.63, 3.8) is 0 Å². The smallest absolute Gasteiger partial charge is 0.189 e. The predicted molar refractivity (Wildman–Crippen MR) is 127 cm³/mol. The van der Waals surface area contributed by atoms with Crippen molar-refractivity contribution in [3.8, 4) is 17.2 Å². The van der Waals surface area contributed by atoms with E-state index in [-0.39, 0.29) is 6.10 Å². The number of nitrogens with one attached hydrogen (secondary N) is 2. The van der Waals surface area contributed by atoms with Gasteiger partial charge in [0.15, 0.2) is 5.13 Å². The first-order valence-corrected chi connectivity index (χ1v) is 11.4. The Morgan fingerprint density at radius 1 is 0.969 bits per heavy atom. The van der Waals surface area contributed by atoms with Crippen LogP contribution in [0.3, 0.4) is 0 Å². The first-order chi connectivity index (χ1) is 15.7. The van der Waals surface area contributed by atoms with Crippen LogP contribution < -0.4 is 10.6 Å². The molecule has 5 rings (SSSR count). The van der Waals surface area contributed by atoms with E-state index < -0.39 is 0 Å². The summed E-state index contributed by atoms with van der Waals surface area (Å²) < 4.78 is 1.06. The van der Waals surface area contributed by atoms with Gasteiger partial charge in [0, 0.05) is 17.8 Å². The van der Waals surface area contributed by atoms with Gasteiger partial charge in [0.05, 0.1) is 16.3 Å². The number of fused-ring (bicyclic) bond motifs is 1. The average molecular weight is 443 g/mol. The van der Waals surface area contributed by atoms with E-state index in [1.165, 1.54) is 0 Å². The number of pyridine rings is 2. The van der Waals surface area contributed by atoms with E-state index in [1.807, 2.05) is 42.5 Å². The molecule has 3 N–H and O–H groups in total. The molecule has 160 valence electrons. The van der Waals surface area contributed by atoms with Gasteiger partial charge in [-0.3, -0.25) is 0 Å². The molecule has 0 amide bonds. The lowest BCUT2D eigenvalue weighted by molar-refractivity contribution is 0.126. The number of benzene rings is 1. The van der Waals surface area contributed by atoms with Crippen molar-refractivity contribution in [2.24, 2.45) is 0 Å². The van der Waals surface area contributed by atoms with E-state index in [0.717, 1.165) is 63.8 Å². The second-order valence-corrected chi connectivity index (χ2v) is 8.96. The zero-order chi connectivity index (χ0) is 21.9. The van der Waals surface area contributed by atoms with Gasteiger partial charge in [0.1, 0.15) is 23.4 Å². The Morgan fingerprint density at radius 3 is 2.56 bits per heavy atom. The Kier molecular flexibility index (Phi) is 5.67. The first kappa shape index (κ1) is 20.4. The van der Waals surface area contributed by atoms with E-state index >= 15 is 0 Å². The van der Waals surface area contributed by atoms with Crippen molar-refractivity contribution in [3.05, 3.63) is 60.4 Å². The van der Waals surface area contributed by atoms with Crippen LogP contribution in [0.2, 0.25) is 0 Å². The molecule has 3 heterocycles. The summed E-state index contributed by atoms with van der Waals surface area (Å²) in [6.45, 7) is 0. The highest BCUT2D eigenvalue weighted by Gasteiger charge is 2.19. The fraction of sp³-hybridized carbons (Fsp3) is 0.250. The minimum Gasteiger partial charge on any atom is -0.393 e. The summed E-state index contributed by atoms with van der Waals surface area (Å²) in [7, 11) is 0. The Morgan fingerprint density at radius 2 is 1.78 bits per heavy atom. The molecule has 1 aliphatic carbocycles. The normalized spacial score (nSPS) is 18.2. The predicted octanol–water partition coefficient (Wildman–Crippen LogP) is 5.08. The van der Waals surface area contributed by atoms with E-state index in [0.29, 0.717) is 11.7 Å². The summed E-state index contributed by atoms with van der Waals surface area (Å²) in [5.74, 6) is 1.56. The molecular formula is C24H22N6OS. The Balaban J connectivity index is 1.31. The van der Waals surface area contributed by atoms with Crippen molar-refractivity contribution in [2.75, 3.05) is 10.6 Å². The Bertz CT molecular complexity index is 1270. The summed E-state index contributed by atoms with van der Waals surface area (Å²) in [6, 6.07) is 18.0. The van der Waals surface area contributed by atoms with Crippen LogP contribution in [0.1, 0.15) is 31.4 Å². The molecule has 1 aliphatic rings. The molecule has 7 nitrogen and oxygen atoms in total. The summed E-state index contributed by atoms with van der Waals surface area (Å²) in [4.78, 5) is 13.5. The lowest BCUT2D eigenvalue weighted by Crippen LogP contribution is -2.28. The highest BCUT2D eigenvalue weighted by atomic mass is 32.1. The van der Waals surface area contributed by atoms with Gasteiger partial charge >= 0.3 is 0 Å². The summed E-state index contributed by atoms with van der Waals surface area (Å²) >= 11 is 1.57. The number of nitrogens with zero attached hydrogens (tertiary/aromatic N) is 4. The number of aromatic nitrogens is 3. The molecule has 0 bridgehead atoms. The summed E-state index contributed by atoms with van der Waals surface area (Å²) in [6.07, 6.45) is 5.13. The number of nitriles is 1. The molecule has 32 heavy (non-hydrogen) atoms. The number of thiazole rings is 1. The van der Waals surface area contributed by atoms with Crippen LogP contribution >= 0.6 is 11.3 Å². The molecule has 0 saturated heterocycles. The van der Waals surface area contributed by atoms with Crippen LogP contribution in [0.15, 0.2) is 54.7 Å². The molecule has 8 heteroatoms. The zero-order valence-corrected chi connectivity index (χ0v) is 18.1. The highest BCUT2D eigenvalue weighted by molar-refractivity contribution is 7.22. The lowest BCUT2D eigenvalue weighted by atomic mass is 9.93. The van der Waals surface area contributed by atoms with Crippen LogP contribution in [-0.4, -0.2) is 32.2 Å². The van der Waals surface area contributed by atoms with Gasteiger partial charge < -0.3 is 15.7 Å². The third kappa shape index (κ3) is 4.54. The zero-order valence-electron chi connectivity index (χ0n) is 17.3. The van der Waals surface area contributed by atoms with Gasteiger partial charge in [-0.05, 0) is 67.6 Å². The van der Waals surface area contributed by atoms with Crippen LogP contribution in [0, 0.1) is 11.3 Å². The van der Waals surface area contributed by atoms with Crippen molar-refractivity contribution in [1.29, 1.82) is 5.26 Å². The molecule has 0 aliphatic heterocycles. The SMILES string of the molecule is N#Cc1ccc(-c2ccc3nc(Nc4cccc(NC5CCC(O)CC5)n4)sc3c2)cn1. The number of aliphatic hydroxyl groups excluding tert-OH is 1. The number of rotatable bonds is 5. The summed E-state index contributed by atoms with van der Waals surface area (Å²) in [5.41, 5.74) is 3.32. The van der Waals surface area contributed by atoms with Crippen molar-refractivity contribution < 1.29 is 5.11 Å². The molecule has 4 aromatic rings. The molecule has 0 spiro atoms. The monoisotopic (exact) mass is 442 g/mol. The first-order valence-electron chi connectivity index (χ1n) is 10.6. The fourth-order valence-electron chi connectivity index (χ4n) is 3.91. The Labute approximate surface area is 189 Å². The molecule has 0 radical (unpaired) electrons. The maximum atomic E-state index is 9.69. The Hall–Kier alpha value is -3.54. The minimum atomic E-state index is -0.165. The van der Waals surface area contributed by atoms with E-state index in [2.05, 4.69) is 31.7 Å². The lowest BCUT2D eigenvalue weighted by Gasteiger charge is -2.26. The maximum Gasteiger partial charge on any atom is 0.189 e. The van der Waals surface area contributed by atoms with Gasteiger partial charge in [-0.2, -0.15) is 5.26 Å². The maximum absolute atomic E-state index is 9.69. The van der Waals surface area contributed by atoms with Crippen LogP contribution in [-0.2, 0) is 0 Å². The molecule has 1 saturated carbocycles. The van der Waals surface area contributed by atoms with Gasteiger partial charge in [-0.25, -0.2) is 15.0 Å². The molecule has 0 unspecified atom stereocenters. The molecule has 0 atom stereocenters. The number of hydrogen-bond donors (Lipinski definition) is 3. The van der Waals surface area contributed by atoms with Crippen molar-refractivity contribution in [1.82, 2.24) is 15.0 Å². The van der Waals surface area contributed by atoms with Gasteiger partial charge in [0.25, 0.3) is 0 Å². The number of hydrogen-bond acceptors (Lipinski definition) is 8. The fourth-order valence-corrected chi connectivity index (χ4v) is 4.82. The van der Waals surface area contributed by atoms with Gasteiger partial charge in [-0.15, -0.1) is 0 Å². The van der Waals surface area contributed by atoms with Gasteiger partial charge in [0.2, 0.25) is 0 Å². The van der Waals surface area contributed by atoms with Crippen LogP contribution in [0.25, 0.3) is 21.3 Å². The highest BCUT2D eigenvalue weighted by Crippen LogP contribution is 2.32.